The first-order valence-corrected chi connectivity index (χ1v) is 5.40. The van der Waals surface area contributed by atoms with E-state index in [4.69, 9.17) is 9.84 Å². The number of ether oxygens (including phenoxy) is 1. The molecule has 0 atom stereocenters. The van der Waals surface area contributed by atoms with Gasteiger partial charge < -0.3 is 15.2 Å². The van der Waals surface area contributed by atoms with Crippen molar-refractivity contribution in [3.05, 3.63) is 48.0 Å². The normalized spacial score (nSPS) is 10.0. The Kier molecular flexibility index (Phi) is 3.61. The van der Waals surface area contributed by atoms with Gasteiger partial charge in [0.1, 0.15) is 5.69 Å². The fourth-order valence-corrected chi connectivity index (χ4v) is 1.53. The first kappa shape index (κ1) is 12.8. The summed E-state index contributed by atoms with van der Waals surface area (Å²) in [7, 11) is 1.37. The van der Waals surface area contributed by atoms with Crippen molar-refractivity contribution < 1.29 is 19.0 Å². The number of nitrogens with zero attached hydrogens (tertiary/aromatic N) is 1. The van der Waals surface area contributed by atoms with Crippen molar-refractivity contribution in [1.82, 2.24) is 4.98 Å². The van der Waals surface area contributed by atoms with E-state index in [9.17, 15) is 9.18 Å². The molecular formula is C13H11FN2O3. The summed E-state index contributed by atoms with van der Waals surface area (Å²) < 4.78 is 18.1. The van der Waals surface area contributed by atoms with Gasteiger partial charge >= 0.3 is 5.97 Å². The number of pyridine rings is 1. The van der Waals surface area contributed by atoms with Crippen molar-refractivity contribution >= 4 is 17.3 Å². The maximum atomic E-state index is 13.2. The highest BCUT2D eigenvalue weighted by Gasteiger charge is 2.07. The smallest absolute Gasteiger partial charge is 0.354 e. The average molecular weight is 262 g/mol. The number of nitrogens with one attached hydrogen (secondary N) is 1. The number of hydrogen-bond donors (Lipinski definition) is 2. The third-order valence-corrected chi connectivity index (χ3v) is 2.42. The molecule has 5 nitrogen and oxygen atoms in total. The lowest BCUT2D eigenvalue weighted by atomic mass is 10.2. The van der Waals surface area contributed by atoms with Crippen molar-refractivity contribution in [3.8, 4) is 5.75 Å². The van der Waals surface area contributed by atoms with Gasteiger partial charge in [0.05, 0.1) is 7.11 Å². The Balaban J connectivity index is 2.26. The molecule has 1 aromatic carbocycles. The number of aromatic nitrogens is 1. The summed E-state index contributed by atoms with van der Waals surface area (Å²) in [6, 6.07) is 7.27. The fourth-order valence-electron chi connectivity index (χ4n) is 1.53. The summed E-state index contributed by atoms with van der Waals surface area (Å²) in [5, 5.41) is 11.8. The molecule has 0 radical (unpaired) electrons. The second-order valence-corrected chi connectivity index (χ2v) is 3.71. The van der Waals surface area contributed by atoms with Crippen LogP contribution in [0.2, 0.25) is 0 Å². The van der Waals surface area contributed by atoms with Crippen LogP contribution in [0.5, 0.6) is 5.75 Å². The van der Waals surface area contributed by atoms with Gasteiger partial charge in [-0.05, 0) is 24.3 Å². The Labute approximate surface area is 108 Å². The van der Waals surface area contributed by atoms with Crippen LogP contribution in [0.1, 0.15) is 10.5 Å². The van der Waals surface area contributed by atoms with E-state index < -0.39 is 11.8 Å². The van der Waals surface area contributed by atoms with Crippen LogP contribution in [0.15, 0.2) is 36.5 Å². The van der Waals surface area contributed by atoms with Gasteiger partial charge in [-0.1, -0.05) is 0 Å². The zero-order valence-corrected chi connectivity index (χ0v) is 10.1. The molecule has 6 heteroatoms. The molecule has 0 saturated heterocycles. The van der Waals surface area contributed by atoms with Gasteiger partial charge in [0.15, 0.2) is 11.6 Å². The highest BCUT2D eigenvalue weighted by molar-refractivity contribution is 5.86. The van der Waals surface area contributed by atoms with Gasteiger partial charge in [-0.15, -0.1) is 0 Å². The molecule has 1 aromatic heterocycles. The molecule has 0 aliphatic heterocycles. The summed E-state index contributed by atoms with van der Waals surface area (Å²) >= 11 is 0. The minimum atomic E-state index is -1.11. The Morgan fingerprint density at radius 1 is 1.32 bits per heavy atom. The lowest BCUT2D eigenvalue weighted by Crippen LogP contribution is -2.01. The molecule has 0 amide bonds. The van der Waals surface area contributed by atoms with E-state index >= 15 is 0 Å². The highest BCUT2D eigenvalue weighted by atomic mass is 19.1. The molecule has 1 heterocycles. The zero-order valence-electron chi connectivity index (χ0n) is 10.1. The Bertz CT molecular complexity index is 617. The van der Waals surface area contributed by atoms with Crippen molar-refractivity contribution in [1.29, 1.82) is 0 Å². The number of rotatable bonds is 4. The van der Waals surface area contributed by atoms with Gasteiger partial charge in [-0.2, -0.15) is 0 Å². The van der Waals surface area contributed by atoms with Crippen LogP contribution in [0.4, 0.5) is 15.8 Å². The van der Waals surface area contributed by atoms with E-state index in [1.807, 2.05) is 0 Å². The molecule has 0 unspecified atom stereocenters. The van der Waals surface area contributed by atoms with Gasteiger partial charge in [0.25, 0.3) is 0 Å². The molecule has 0 aliphatic carbocycles. The Hall–Kier alpha value is -2.63. The average Bonchev–Trinajstić information content (AvgIpc) is 2.41. The summed E-state index contributed by atoms with van der Waals surface area (Å²) in [5.41, 5.74) is 1.06. The van der Waals surface area contributed by atoms with Crippen LogP contribution >= 0.6 is 0 Å². The van der Waals surface area contributed by atoms with E-state index in [1.54, 1.807) is 6.07 Å². The number of carboxylic acid groups (broad SMARTS) is 1. The molecule has 2 rings (SSSR count). The number of benzene rings is 1. The Morgan fingerprint density at radius 2 is 2.05 bits per heavy atom. The summed E-state index contributed by atoms with van der Waals surface area (Å²) in [5.74, 6) is -1.47. The number of carbonyl (C=O) groups is 1. The fraction of sp³-hybridized carbons (Fsp3) is 0.0769. The van der Waals surface area contributed by atoms with Crippen LogP contribution < -0.4 is 10.1 Å². The summed E-state index contributed by atoms with van der Waals surface area (Å²) in [6.07, 6.45) is 1.38. The largest absolute Gasteiger partial charge is 0.494 e. The van der Waals surface area contributed by atoms with Crippen molar-refractivity contribution in [2.24, 2.45) is 0 Å². The molecule has 0 spiro atoms. The van der Waals surface area contributed by atoms with E-state index in [-0.39, 0.29) is 11.4 Å². The lowest BCUT2D eigenvalue weighted by molar-refractivity contribution is 0.0690. The zero-order chi connectivity index (χ0) is 13.8. The number of hydrogen-bond acceptors (Lipinski definition) is 4. The molecular weight excluding hydrogens is 251 g/mol. The SMILES string of the molecule is COc1cc(Nc2ccnc(C(=O)O)c2)ccc1F. The van der Waals surface area contributed by atoms with Crippen LogP contribution in [0.3, 0.4) is 0 Å². The van der Waals surface area contributed by atoms with Crippen molar-refractivity contribution in [2.45, 2.75) is 0 Å². The van der Waals surface area contributed by atoms with Crippen molar-refractivity contribution in [3.63, 3.8) is 0 Å². The summed E-state index contributed by atoms with van der Waals surface area (Å²) in [6.45, 7) is 0. The van der Waals surface area contributed by atoms with Gasteiger partial charge in [0.2, 0.25) is 0 Å². The number of halogens is 1. The molecule has 0 fully saturated rings. The number of methoxy groups -OCH3 is 1. The van der Waals surface area contributed by atoms with Gasteiger partial charge in [-0.25, -0.2) is 14.2 Å². The molecule has 0 saturated carbocycles. The van der Waals surface area contributed by atoms with E-state index in [1.165, 1.54) is 37.6 Å². The van der Waals surface area contributed by atoms with Crippen LogP contribution in [0, 0.1) is 5.82 Å². The third-order valence-electron chi connectivity index (χ3n) is 2.42. The van der Waals surface area contributed by atoms with E-state index in [0.29, 0.717) is 11.4 Å². The third kappa shape index (κ3) is 2.98. The number of carboxylic acids is 1. The second kappa shape index (κ2) is 5.34. The maximum Gasteiger partial charge on any atom is 0.354 e. The second-order valence-electron chi connectivity index (χ2n) is 3.71. The van der Waals surface area contributed by atoms with Gasteiger partial charge in [-0.3, -0.25) is 0 Å². The van der Waals surface area contributed by atoms with Crippen LogP contribution in [-0.4, -0.2) is 23.2 Å². The maximum absolute atomic E-state index is 13.2. The quantitative estimate of drug-likeness (QED) is 0.886. The molecule has 0 bridgehead atoms. The predicted octanol–water partition coefficient (Wildman–Crippen LogP) is 2.67. The predicted molar refractivity (Wildman–Crippen MR) is 67.4 cm³/mol. The van der Waals surface area contributed by atoms with Crippen LogP contribution in [0.25, 0.3) is 0 Å². The van der Waals surface area contributed by atoms with Crippen LogP contribution in [-0.2, 0) is 0 Å². The number of aromatic carboxylic acids is 1. The minimum absolute atomic E-state index is 0.0703. The first-order chi connectivity index (χ1) is 9.10. The monoisotopic (exact) mass is 262 g/mol. The number of anilines is 2. The molecule has 19 heavy (non-hydrogen) atoms. The van der Waals surface area contributed by atoms with E-state index in [0.717, 1.165) is 0 Å². The first-order valence-electron chi connectivity index (χ1n) is 5.40. The van der Waals surface area contributed by atoms with Gasteiger partial charge in [0, 0.05) is 23.6 Å². The molecule has 2 aromatic rings. The standard InChI is InChI=1S/C13H11FN2O3/c1-19-12-7-8(2-3-10(12)14)16-9-4-5-15-11(6-9)13(17)18/h2-7H,1H3,(H,15,16)(H,17,18). The van der Waals surface area contributed by atoms with E-state index in [2.05, 4.69) is 10.3 Å². The van der Waals surface area contributed by atoms with Crippen molar-refractivity contribution in [2.75, 3.05) is 12.4 Å². The molecule has 98 valence electrons. The molecule has 0 aliphatic rings. The summed E-state index contributed by atoms with van der Waals surface area (Å²) in [4.78, 5) is 14.5. The lowest BCUT2D eigenvalue weighted by Gasteiger charge is -2.09. The molecule has 2 N–H and O–H groups in total. The minimum Gasteiger partial charge on any atom is -0.494 e. The Morgan fingerprint density at radius 3 is 2.74 bits per heavy atom. The topological polar surface area (TPSA) is 71.5 Å². The highest BCUT2D eigenvalue weighted by Crippen LogP contribution is 2.24.